The van der Waals surface area contributed by atoms with Crippen LogP contribution in [0.3, 0.4) is 0 Å². The van der Waals surface area contributed by atoms with Crippen LogP contribution in [0.25, 0.3) is 0 Å². The van der Waals surface area contributed by atoms with Crippen molar-refractivity contribution in [3.63, 3.8) is 0 Å². The first-order valence-corrected chi connectivity index (χ1v) is 8.36. The van der Waals surface area contributed by atoms with E-state index in [0.717, 1.165) is 37.8 Å². The lowest BCUT2D eigenvalue weighted by molar-refractivity contribution is 0.455. The molecule has 0 heterocycles. The number of hydrogen-bond acceptors (Lipinski definition) is 3. The zero-order valence-electron chi connectivity index (χ0n) is 10.5. The summed E-state index contributed by atoms with van der Waals surface area (Å²) in [6.07, 6.45) is 4.20. The van der Waals surface area contributed by atoms with Crippen molar-refractivity contribution in [2.45, 2.75) is 36.6 Å². The Labute approximate surface area is 117 Å². The summed E-state index contributed by atoms with van der Waals surface area (Å²) in [5, 5.41) is -0.185. The molecule has 0 amide bonds. The van der Waals surface area contributed by atoms with Gasteiger partial charge in [0.1, 0.15) is 5.82 Å². The standard InChI is InChI=1S/C13H17ClFNO2S/c14-11-7-10(5-6-12(11)15)19(17,18)8-13(16)9-3-1-2-4-9/h5-7,9,13H,1-4,8,16H2. The highest BCUT2D eigenvalue weighted by atomic mass is 35.5. The maximum absolute atomic E-state index is 13.0. The first kappa shape index (κ1) is 14.8. The fourth-order valence-corrected chi connectivity index (χ4v) is 4.33. The van der Waals surface area contributed by atoms with Gasteiger partial charge >= 0.3 is 0 Å². The fourth-order valence-electron chi connectivity index (χ4n) is 2.54. The van der Waals surface area contributed by atoms with E-state index in [9.17, 15) is 12.8 Å². The molecule has 1 unspecified atom stereocenters. The monoisotopic (exact) mass is 305 g/mol. The van der Waals surface area contributed by atoms with E-state index in [1.807, 2.05) is 0 Å². The molecule has 1 aromatic rings. The Morgan fingerprint density at radius 1 is 1.37 bits per heavy atom. The fraction of sp³-hybridized carbons (Fsp3) is 0.538. The molecule has 0 aromatic heterocycles. The number of halogens is 2. The first-order valence-electron chi connectivity index (χ1n) is 6.33. The summed E-state index contributed by atoms with van der Waals surface area (Å²) in [6.45, 7) is 0. The molecular weight excluding hydrogens is 289 g/mol. The molecule has 1 atom stereocenters. The van der Waals surface area contributed by atoms with Crippen molar-refractivity contribution >= 4 is 21.4 Å². The van der Waals surface area contributed by atoms with Crippen LogP contribution in [0, 0.1) is 11.7 Å². The van der Waals surface area contributed by atoms with E-state index in [0.29, 0.717) is 0 Å². The summed E-state index contributed by atoms with van der Waals surface area (Å²) in [5.74, 6) is -0.467. The van der Waals surface area contributed by atoms with E-state index in [1.165, 1.54) is 6.07 Å². The zero-order chi connectivity index (χ0) is 14.0. The third-order valence-corrected chi connectivity index (χ3v) is 5.75. The van der Waals surface area contributed by atoms with E-state index in [4.69, 9.17) is 17.3 Å². The summed E-state index contributed by atoms with van der Waals surface area (Å²) in [4.78, 5) is 0.0346. The molecule has 1 aliphatic carbocycles. The van der Waals surface area contributed by atoms with E-state index in [1.54, 1.807) is 0 Å². The van der Waals surface area contributed by atoms with Crippen LogP contribution >= 0.6 is 11.6 Å². The normalized spacial score (nSPS) is 18.7. The molecule has 1 saturated carbocycles. The van der Waals surface area contributed by atoms with Gasteiger partial charge in [-0.05, 0) is 37.0 Å². The predicted octanol–water partition coefficient (Wildman–Crippen LogP) is 2.77. The Bertz CT molecular complexity index is 556. The van der Waals surface area contributed by atoms with Crippen molar-refractivity contribution in [2.75, 3.05) is 5.75 Å². The van der Waals surface area contributed by atoms with Gasteiger partial charge in [0.2, 0.25) is 0 Å². The van der Waals surface area contributed by atoms with Crippen molar-refractivity contribution in [2.24, 2.45) is 11.7 Å². The lowest BCUT2D eigenvalue weighted by Crippen LogP contribution is -2.35. The second kappa shape index (κ2) is 5.77. The smallest absolute Gasteiger partial charge is 0.179 e. The van der Waals surface area contributed by atoms with Crippen LogP contribution in [0.2, 0.25) is 5.02 Å². The van der Waals surface area contributed by atoms with Gasteiger partial charge in [0, 0.05) is 6.04 Å². The molecule has 2 N–H and O–H groups in total. The van der Waals surface area contributed by atoms with Crippen molar-refractivity contribution in [1.29, 1.82) is 0 Å². The Hall–Kier alpha value is -0.650. The Morgan fingerprint density at radius 3 is 2.58 bits per heavy atom. The summed E-state index contributed by atoms with van der Waals surface area (Å²) >= 11 is 5.61. The van der Waals surface area contributed by atoms with Gasteiger partial charge in [-0.2, -0.15) is 0 Å². The quantitative estimate of drug-likeness (QED) is 0.870. The van der Waals surface area contributed by atoms with Crippen molar-refractivity contribution in [1.82, 2.24) is 0 Å². The van der Waals surface area contributed by atoms with E-state index in [-0.39, 0.29) is 27.6 Å². The van der Waals surface area contributed by atoms with Crippen LogP contribution in [0.4, 0.5) is 4.39 Å². The summed E-state index contributed by atoms with van der Waals surface area (Å²) in [7, 11) is -3.51. The molecule has 1 aromatic carbocycles. The maximum atomic E-state index is 13.0. The highest BCUT2D eigenvalue weighted by Crippen LogP contribution is 2.28. The summed E-state index contributed by atoms with van der Waals surface area (Å²) < 4.78 is 37.4. The highest BCUT2D eigenvalue weighted by Gasteiger charge is 2.27. The minimum absolute atomic E-state index is 0.0346. The average Bonchev–Trinajstić information content (AvgIpc) is 2.85. The molecule has 0 bridgehead atoms. The minimum atomic E-state index is -3.51. The number of rotatable bonds is 4. The van der Waals surface area contributed by atoms with Crippen LogP contribution in [-0.4, -0.2) is 20.2 Å². The van der Waals surface area contributed by atoms with Crippen LogP contribution < -0.4 is 5.73 Å². The van der Waals surface area contributed by atoms with Gasteiger partial charge < -0.3 is 5.73 Å². The lowest BCUT2D eigenvalue weighted by atomic mass is 10.0. The minimum Gasteiger partial charge on any atom is -0.327 e. The van der Waals surface area contributed by atoms with E-state index < -0.39 is 15.7 Å². The van der Waals surface area contributed by atoms with Gasteiger partial charge in [-0.1, -0.05) is 24.4 Å². The van der Waals surface area contributed by atoms with Crippen molar-refractivity contribution < 1.29 is 12.8 Å². The number of hydrogen-bond donors (Lipinski definition) is 1. The number of nitrogens with two attached hydrogens (primary N) is 1. The number of benzene rings is 1. The van der Waals surface area contributed by atoms with Crippen molar-refractivity contribution in [3.05, 3.63) is 29.0 Å². The maximum Gasteiger partial charge on any atom is 0.179 e. The highest BCUT2D eigenvalue weighted by molar-refractivity contribution is 7.91. The summed E-state index contributed by atoms with van der Waals surface area (Å²) in [6, 6.07) is 3.08. The van der Waals surface area contributed by atoms with Gasteiger partial charge in [0.15, 0.2) is 9.84 Å². The van der Waals surface area contributed by atoms with E-state index >= 15 is 0 Å². The Balaban J connectivity index is 2.15. The van der Waals surface area contributed by atoms with Crippen molar-refractivity contribution in [3.8, 4) is 0 Å². The Kier molecular flexibility index (Phi) is 4.48. The first-order chi connectivity index (χ1) is 8.90. The molecule has 6 heteroatoms. The van der Waals surface area contributed by atoms with Crippen LogP contribution in [-0.2, 0) is 9.84 Å². The second-order valence-corrected chi connectivity index (χ2v) is 7.51. The number of sulfone groups is 1. The molecule has 106 valence electrons. The molecule has 1 aliphatic rings. The molecule has 3 nitrogen and oxygen atoms in total. The predicted molar refractivity (Wildman–Crippen MR) is 73.4 cm³/mol. The lowest BCUT2D eigenvalue weighted by Gasteiger charge is -2.18. The van der Waals surface area contributed by atoms with Crippen LogP contribution in [0.5, 0.6) is 0 Å². The topological polar surface area (TPSA) is 60.2 Å². The Morgan fingerprint density at radius 2 is 2.00 bits per heavy atom. The van der Waals surface area contributed by atoms with Gasteiger partial charge in [0.05, 0.1) is 15.7 Å². The average molecular weight is 306 g/mol. The second-order valence-electron chi connectivity index (χ2n) is 5.07. The van der Waals surface area contributed by atoms with Crippen LogP contribution in [0.15, 0.2) is 23.1 Å². The van der Waals surface area contributed by atoms with Gasteiger partial charge in [-0.25, -0.2) is 12.8 Å². The molecular formula is C13H17ClFNO2S. The third kappa shape index (κ3) is 3.46. The molecule has 19 heavy (non-hydrogen) atoms. The molecule has 1 fully saturated rings. The molecule has 0 radical (unpaired) electrons. The van der Waals surface area contributed by atoms with Gasteiger partial charge in [0.25, 0.3) is 0 Å². The van der Waals surface area contributed by atoms with Gasteiger partial charge in [-0.3, -0.25) is 0 Å². The van der Waals surface area contributed by atoms with E-state index in [2.05, 4.69) is 0 Å². The third-order valence-electron chi connectivity index (χ3n) is 3.67. The molecule has 0 aliphatic heterocycles. The molecule has 0 spiro atoms. The SMILES string of the molecule is NC(CS(=O)(=O)c1ccc(F)c(Cl)c1)C1CCCC1. The summed E-state index contributed by atoms with van der Waals surface area (Å²) in [5.41, 5.74) is 5.98. The van der Waals surface area contributed by atoms with Gasteiger partial charge in [-0.15, -0.1) is 0 Å². The molecule has 0 saturated heterocycles. The molecule has 2 rings (SSSR count). The van der Waals surface area contributed by atoms with Crippen LogP contribution in [0.1, 0.15) is 25.7 Å². The largest absolute Gasteiger partial charge is 0.327 e. The zero-order valence-corrected chi connectivity index (χ0v) is 12.1.